The van der Waals surface area contributed by atoms with Crippen LogP contribution in [0, 0.1) is 10.1 Å². The predicted octanol–water partition coefficient (Wildman–Crippen LogP) is 4.37. The first-order chi connectivity index (χ1) is 8.74. The summed E-state index contributed by atoms with van der Waals surface area (Å²) in [4.78, 5) is 11.8. The minimum atomic E-state index is -0.331. The molecule has 0 atom stereocenters. The Labute approximate surface area is 110 Å². The van der Waals surface area contributed by atoms with Gasteiger partial charge in [-0.1, -0.05) is 37.3 Å². The average Bonchev–Trinajstić information content (AvgIpc) is 2.40. The third-order valence-corrected chi connectivity index (χ3v) is 3.53. The Balaban J connectivity index is 2.58. The van der Waals surface area contributed by atoms with Crippen LogP contribution in [0.3, 0.4) is 0 Å². The van der Waals surface area contributed by atoms with Gasteiger partial charge >= 0.3 is 0 Å². The molecule has 0 radical (unpaired) electrons. The van der Waals surface area contributed by atoms with Crippen molar-refractivity contribution in [3.8, 4) is 11.1 Å². The summed E-state index contributed by atoms with van der Waals surface area (Å²) in [6.45, 7) is 2.07. The summed E-state index contributed by atoms with van der Waals surface area (Å²) in [6, 6.07) is 14.7. The van der Waals surface area contributed by atoms with Crippen molar-refractivity contribution in [3.63, 3.8) is 0 Å². The minimum Gasteiger partial charge on any atom is -0.258 e. The fourth-order valence-electron chi connectivity index (χ4n) is 1.83. The Kier molecular flexibility index (Phi) is 3.99. The second-order valence-electron chi connectivity index (χ2n) is 3.70. The number of nitrogens with zero attached hydrogens (tertiary/aromatic N) is 1. The van der Waals surface area contributed by atoms with Gasteiger partial charge in [0.2, 0.25) is 0 Å². The van der Waals surface area contributed by atoms with Gasteiger partial charge in [-0.05, 0) is 17.9 Å². The number of thioether (sulfide) groups is 1. The lowest BCUT2D eigenvalue weighted by atomic mass is 10.0. The molecular weight excluding hydrogens is 246 g/mol. The SMILES string of the molecule is CCSc1ccccc1-c1ccccc1[N+](=O)[O-]. The van der Waals surface area contributed by atoms with Crippen LogP contribution in [0.15, 0.2) is 53.4 Å². The molecule has 0 N–H and O–H groups in total. The van der Waals surface area contributed by atoms with E-state index in [-0.39, 0.29) is 10.6 Å². The van der Waals surface area contributed by atoms with E-state index in [0.29, 0.717) is 5.56 Å². The maximum Gasteiger partial charge on any atom is 0.277 e. The normalized spacial score (nSPS) is 10.3. The van der Waals surface area contributed by atoms with Crippen molar-refractivity contribution in [2.75, 3.05) is 5.75 Å². The molecule has 0 saturated carbocycles. The minimum absolute atomic E-state index is 0.154. The highest BCUT2D eigenvalue weighted by Crippen LogP contribution is 2.36. The highest BCUT2D eigenvalue weighted by Gasteiger charge is 2.16. The number of nitro benzene ring substituents is 1. The molecule has 0 aliphatic rings. The van der Waals surface area contributed by atoms with Crippen LogP contribution in [0.4, 0.5) is 5.69 Å². The van der Waals surface area contributed by atoms with Crippen LogP contribution in [0.25, 0.3) is 11.1 Å². The first kappa shape index (κ1) is 12.6. The molecule has 18 heavy (non-hydrogen) atoms. The molecule has 2 aromatic carbocycles. The molecule has 0 spiro atoms. The summed E-state index contributed by atoms with van der Waals surface area (Å²) in [5.41, 5.74) is 1.76. The highest BCUT2D eigenvalue weighted by atomic mass is 32.2. The van der Waals surface area contributed by atoms with Gasteiger partial charge in [-0.25, -0.2) is 0 Å². The second kappa shape index (κ2) is 5.69. The molecule has 2 rings (SSSR count). The van der Waals surface area contributed by atoms with Crippen LogP contribution >= 0.6 is 11.8 Å². The molecule has 0 aliphatic carbocycles. The maximum absolute atomic E-state index is 11.1. The van der Waals surface area contributed by atoms with Gasteiger partial charge in [0, 0.05) is 16.5 Å². The number of rotatable bonds is 4. The van der Waals surface area contributed by atoms with Crippen molar-refractivity contribution in [2.45, 2.75) is 11.8 Å². The van der Waals surface area contributed by atoms with Gasteiger partial charge in [0.25, 0.3) is 5.69 Å². The van der Waals surface area contributed by atoms with E-state index in [1.165, 1.54) is 0 Å². The number of hydrogen-bond acceptors (Lipinski definition) is 3. The van der Waals surface area contributed by atoms with Crippen LogP contribution in [-0.2, 0) is 0 Å². The molecule has 0 aromatic heterocycles. The van der Waals surface area contributed by atoms with E-state index in [9.17, 15) is 10.1 Å². The molecule has 2 aromatic rings. The molecule has 3 nitrogen and oxygen atoms in total. The zero-order valence-electron chi connectivity index (χ0n) is 10.00. The molecule has 0 unspecified atom stereocenters. The zero-order valence-corrected chi connectivity index (χ0v) is 10.8. The van der Waals surface area contributed by atoms with Crippen LogP contribution in [0.5, 0.6) is 0 Å². The molecule has 0 aliphatic heterocycles. The fraction of sp³-hybridized carbons (Fsp3) is 0.143. The Hall–Kier alpha value is -1.81. The van der Waals surface area contributed by atoms with E-state index in [4.69, 9.17) is 0 Å². The number of benzene rings is 2. The number of hydrogen-bond donors (Lipinski definition) is 0. The zero-order chi connectivity index (χ0) is 13.0. The van der Waals surface area contributed by atoms with Gasteiger partial charge in [-0.2, -0.15) is 0 Å². The van der Waals surface area contributed by atoms with Crippen molar-refractivity contribution < 1.29 is 4.92 Å². The standard InChI is InChI=1S/C14H13NO2S/c1-2-18-14-10-6-4-8-12(14)11-7-3-5-9-13(11)15(16)17/h3-10H,2H2,1H3. The van der Waals surface area contributed by atoms with E-state index in [2.05, 4.69) is 6.92 Å². The van der Waals surface area contributed by atoms with E-state index in [1.54, 1.807) is 30.0 Å². The summed E-state index contributed by atoms with van der Waals surface area (Å²) >= 11 is 1.69. The Morgan fingerprint density at radius 1 is 1.06 bits per heavy atom. The highest BCUT2D eigenvalue weighted by molar-refractivity contribution is 7.99. The average molecular weight is 259 g/mol. The third-order valence-electron chi connectivity index (χ3n) is 2.58. The van der Waals surface area contributed by atoms with E-state index < -0.39 is 0 Å². The lowest BCUT2D eigenvalue weighted by Crippen LogP contribution is -1.92. The van der Waals surface area contributed by atoms with Crippen LogP contribution in [0.2, 0.25) is 0 Å². The smallest absolute Gasteiger partial charge is 0.258 e. The van der Waals surface area contributed by atoms with Crippen LogP contribution in [-0.4, -0.2) is 10.7 Å². The van der Waals surface area contributed by atoms with E-state index >= 15 is 0 Å². The monoisotopic (exact) mass is 259 g/mol. The van der Waals surface area contributed by atoms with Crippen molar-refractivity contribution in [1.82, 2.24) is 0 Å². The maximum atomic E-state index is 11.1. The van der Waals surface area contributed by atoms with Gasteiger partial charge in [0.1, 0.15) is 0 Å². The molecule has 0 bridgehead atoms. The van der Waals surface area contributed by atoms with E-state index in [0.717, 1.165) is 16.2 Å². The lowest BCUT2D eigenvalue weighted by Gasteiger charge is -2.08. The third kappa shape index (κ3) is 2.54. The van der Waals surface area contributed by atoms with Gasteiger partial charge in [-0.3, -0.25) is 10.1 Å². The van der Waals surface area contributed by atoms with Crippen molar-refractivity contribution >= 4 is 17.4 Å². The first-order valence-electron chi connectivity index (χ1n) is 5.69. The fourth-order valence-corrected chi connectivity index (χ4v) is 2.65. The molecule has 0 saturated heterocycles. The molecule has 0 heterocycles. The molecule has 92 valence electrons. The predicted molar refractivity (Wildman–Crippen MR) is 74.9 cm³/mol. The quantitative estimate of drug-likeness (QED) is 0.465. The van der Waals surface area contributed by atoms with Gasteiger partial charge in [-0.15, -0.1) is 11.8 Å². The van der Waals surface area contributed by atoms with Gasteiger partial charge in [0.05, 0.1) is 10.5 Å². The van der Waals surface area contributed by atoms with Crippen molar-refractivity contribution in [1.29, 1.82) is 0 Å². The molecular formula is C14H13NO2S. The summed E-state index contributed by atoms with van der Waals surface area (Å²) in [5.74, 6) is 0.942. The Morgan fingerprint density at radius 3 is 2.33 bits per heavy atom. The molecule has 0 amide bonds. The van der Waals surface area contributed by atoms with Crippen LogP contribution < -0.4 is 0 Å². The molecule has 0 fully saturated rings. The van der Waals surface area contributed by atoms with Crippen LogP contribution in [0.1, 0.15) is 6.92 Å². The second-order valence-corrected chi connectivity index (χ2v) is 5.01. The number of para-hydroxylation sites is 1. The first-order valence-corrected chi connectivity index (χ1v) is 6.68. The Morgan fingerprint density at radius 2 is 1.67 bits per heavy atom. The largest absolute Gasteiger partial charge is 0.277 e. The summed E-state index contributed by atoms with van der Waals surface area (Å²) < 4.78 is 0. The number of nitro groups is 1. The van der Waals surface area contributed by atoms with E-state index in [1.807, 2.05) is 30.3 Å². The van der Waals surface area contributed by atoms with Crippen molar-refractivity contribution in [3.05, 3.63) is 58.6 Å². The molecule has 4 heteroatoms. The Bertz CT molecular complexity index is 569. The summed E-state index contributed by atoms with van der Waals surface area (Å²) in [6.07, 6.45) is 0. The van der Waals surface area contributed by atoms with Gasteiger partial charge in [0.15, 0.2) is 0 Å². The summed E-state index contributed by atoms with van der Waals surface area (Å²) in [7, 11) is 0. The summed E-state index contributed by atoms with van der Waals surface area (Å²) in [5, 5.41) is 11.1. The topological polar surface area (TPSA) is 43.1 Å². The van der Waals surface area contributed by atoms with Gasteiger partial charge < -0.3 is 0 Å². The van der Waals surface area contributed by atoms with Crippen molar-refractivity contribution in [2.24, 2.45) is 0 Å². The lowest BCUT2D eigenvalue weighted by molar-refractivity contribution is -0.384.